The molecule has 8 heteroatoms. The zero-order chi connectivity index (χ0) is 14.9. The lowest BCUT2D eigenvalue weighted by molar-refractivity contribution is -0.389. The zero-order valence-corrected chi connectivity index (χ0v) is 11.3. The highest BCUT2D eigenvalue weighted by Gasteiger charge is 2.36. The molecule has 1 atom stereocenters. The number of nitrogens with zero attached hydrogens (tertiary/aromatic N) is 2. The summed E-state index contributed by atoms with van der Waals surface area (Å²) >= 11 is 0. The monoisotopic (exact) mass is 283 g/mol. The molecule has 1 unspecified atom stereocenters. The molecule has 20 heavy (non-hydrogen) atoms. The van der Waals surface area contributed by atoms with E-state index in [9.17, 15) is 20.0 Å². The molecule has 8 nitrogen and oxygen atoms in total. The number of amides is 1. The molecule has 0 aliphatic carbocycles. The van der Waals surface area contributed by atoms with Gasteiger partial charge in [0.1, 0.15) is 0 Å². The lowest BCUT2D eigenvalue weighted by Crippen LogP contribution is -2.55. The van der Waals surface area contributed by atoms with Gasteiger partial charge in [-0.2, -0.15) is 0 Å². The van der Waals surface area contributed by atoms with Gasteiger partial charge in [-0.1, -0.05) is 0 Å². The van der Waals surface area contributed by atoms with Crippen LogP contribution in [0.15, 0.2) is 12.1 Å². The van der Waals surface area contributed by atoms with E-state index in [0.717, 1.165) is 0 Å². The Morgan fingerprint density at radius 1 is 1.65 bits per heavy atom. The molecule has 110 valence electrons. The fourth-order valence-corrected chi connectivity index (χ4v) is 2.33. The van der Waals surface area contributed by atoms with Gasteiger partial charge < -0.3 is 24.9 Å². The number of aliphatic hydroxyl groups is 1. The summed E-state index contributed by atoms with van der Waals surface area (Å²) < 4.78 is 5.62. The molecule has 1 amide bonds. The van der Waals surface area contributed by atoms with Gasteiger partial charge in [0.2, 0.25) is 0 Å². The number of H-pyrrole nitrogens is 1. The van der Waals surface area contributed by atoms with Gasteiger partial charge in [-0.05, 0) is 24.8 Å². The van der Waals surface area contributed by atoms with Crippen LogP contribution in [0.4, 0.5) is 5.82 Å². The first-order valence-electron chi connectivity index (χ1n) is 6.24. The number of aromatic amines is 1. The number of hydrogen-bond acceptors (Lipinski definition) is 5. The number of aromatic nitrogens is 1. The van der Waals surface area contributed by atoms with E-state index in [1.807, 2.05) is 13.8 Å². The number of hydrogen-bond donors (Lipinski definition) is 2. The Morgan fingerprint density at radius 2 is 2.35 bits per heavy atom. The van der Waals surface area contributed by atoms with E-state index in [4.69, 9.17) is 4.74 Å². The maximum absolute atomic E-state index is 12.3. The predicted molar refractivity (Wildman–Crippen MR) is 69.4 cm³/mol. The van der Waals surface area contributed by atoms with Gasteiger partial charge in [0.25, 0.3) is 5.91 Å². The van der Waals surface area contributed by atoms with Crippen LogP contribution in [0.3, 0.4) is 0 Å². The molecule has 1 aromatic heterocycles. The Hall–Kier alpha value is -1.93. The minimum atomic E-state index is -0.587. The molecule has 1 aliphatic heterocycles. The molecule has 0 aromatic carbocycles. The van der Waals surface area contributed by atoms with E-state index >= 15 is 0 Å². The van der Waals surface area contributed by atoms with E-state index in [0.29, 0.717) is 6.54 Å². The van der Waals surface area contributed by atoms with Crippen LogP contribution in [-0.4, -0.2) is 57.2 Å². The minimum absolute atomic E-state index is 0.158. The van der Waals surface area contributed by atoms with E-state index in [2.05, 4.69) is 4.98 Å². The maximum atomic E-state index is 12.3. The molecule has 0 spiro atoms. The normalized spacial score (nSPS) is 21.8. The Kier molecular flexibility index (Phi) is 3.78. The molecular formula is C12H17N3O5. The highest BCUT2D eigenvalue weighted by atomic mass is 16.6. The van der Waals surface area contributed by atoms with Crippen molar-refractivity contribution in [1.29, 1.82) is 0 Å². The van der Waals surface area contributed by atoms with Crippen LogP contribution in [0.25, 0.3) is 0 Å². The first-order chi connectivity index (χ1) is 9.32. The molecule has 2 rings (SSSR count). The van der Waals surface area contributed by atoms with Crippen molar-refractivity contribution in [2.75, 3.05) is 19.7 Å². The SMILES string of the molecule is CC1(C)CN(C(=O)c2ccc([N+](=O)[O-])[nH]2)CC(CO)O1. The van der Waals surface area contributed by atoms with Gasteiger partial charge >= 0.3 is 5.82 Å². The Bertz CT molecular complexity index is 525. The summed E-state index contributed by atoms with van der Waals surface area (Å²) in [7, 11) is 0. The topological polar surface area (TPSA) is 109 Å². The van der Waals surface area contributed by atoms with E-state index in [1.165, 1.54) is 17.0 Å². The molecule has 1 fully saturated rings. The van der Waals surface area contributed by atoms with Crippen LogP contribution in [0.5, 0.6) is 0 Å². The van der Waals surface area contributed by atoms with Crippen LogP contribution < -0.4 is 0 Å². The van der Waals surface area contributed by atoms with Gasteiger partial charge in [0.15, 0.2) is 5.69 Å². The maximum Gasteiger partial charge on any atom is 0.321 e. The zero-order valence-electron chi connectivity index (χ0n) is 11.3. The summed E-state index contributed by atoms with van der Waals surface area (Å²) in [6, 6.07) is 2.64. The summed E-state index contributed by atoms with van der Waals surface area (Å²) in [5.41, 5.74) is -0.411. The van der Waals surface area contributed by atoms with Crippen molar-refractivity contribution in [2.24, 2.45) is 0 Å². The van der Waals surface area contributed by atoms with Gasteiger partial charge in [0.05, 0.1) is 18.3 Å². The van der Waals surface area contributed by atoms with Gasteiger partial charge in [-0.15, -0.1) is 0 Å². The van der Waals surface area contributed by atoms with Crippen molar-refractivity contribution >= 4 is 11.7 Å². The second-order valence-electron chi connectivity index (χ2n) is 5.38. The standard InChI is InChI=1S/C12H17N3O5/c1-12(2)7-14(5-8(6-16)20-12)11(17)9-3-4-10(13-9)15(18)19/h3-4,8,13,16H,5-7H2,1-2H3. The second kappa shape index (κ2) is 5.22. The number of carbonyl (C=O) groups is 1. The minimum Gasteiger partial charge on any atom is -0.394 e. The van der Waals surface area contributed by atoms with Crippen molar-refractivity contribution in [1.82, 2.24) is 9.88 Å². The smallest absolute Gasteiger partial charge is 0.321 e. The largest absolute Gasteiger partial charge is 0.394 e. The van der Waals surface area contributed by atoms with Crippen LogP contribution in [0.1, 0.15) is 24.3 Å². The van der Waals surface area contributed by atoms with Crippen molar-refractivity contribution in [2.45, 2.75) is 25.6 Å². The number of rotatable bonds is 3. The number of morpholine rings is 1. The summed E-state index contributed by atoms with van der Waals surface area (Å²) in [6.45, 7) is 4.08. The van der Waals surface area contributed by atoms with E-state index in [1.54, 1.807) is 0 Å². The van der Waals surface area contributed by atoms with E-state index in [-0.39, 0.29) is 30.6 Å². The quantitative estimate of drug-likeness (QED) is 0.621. The molecule has 1 saturated heterocycles. The molecule has 0 radical (unpaired) electrons. The average molecular weight is 283 g/mol. The highest BCUT2D eigenvalue weighted by Crippen LogP contribution is 2.22. The van der Waals surface area contributed by atoms with Crippen molar-refractivity contribution in [3.05, 3.63) is 27.9 Å². The second-order valence-corrected chi connectivity index (χ2v) is 5.38. The molecule has 1 aliphatic rings. The van der Waals surface area contributed by atoms with Crippen LogP contribution in [-0.2, 0) is 4.74 Å². The third-order valence-corrected chi connectivity index (χ3v) is 3.07. The molecule has 1 aromatic rings. The average Bonchev–Trinajstić information content (AvgIpc) is 2.85. The van der Waals surface area contributed by atoms with Crippen molar-refractivity contribution in [3.63, 3.8) is 0 Å². The number of nitrogens with one attached hydrogen (secondary N) is 1. The predicted octanol–water partition coefficient (Wildman–Crippen LogP) is 0.535. The first-order valence-corrected chi connectivity index (χ1v) is 6.24. The summed E-state index contributed by atoms with van der Waals surface area (Å²) in [6.07, 6.45) is -0.451. The third kappa shape index (κ3) is 2.97. The molecule has 0 saturated carbocycles. The summed E-state index contributed by atoms with van der Waals surface area (Å²) in [5.74, 6) is -0.562. The summed E-state index contributed by atoms with van der Waals surface area (Å²) in [4.78, 5) is 26.3. The Balaban J connectivity index is 2.16. The molecule has 2 N–H and O–H groups in total. The van der Waals surface area contributed by atoms with Crippen LogP contribution in [0, 0.1) is 10.1 Å². The van der Waals surface area contributed by atoms with Crippen LogP contribution in [0.2, 0.25) is 0 Å². The number of nitro groups is 1. The van der Waals surface area contributed by atoms with Gasteiger partial charge in [0, 0.05) is 19.2 Å². The fourth-order valence-electron chi connectivity index (χ4n) is 2.33. The lowest BCUT2D eigenvalue weighted by atomic mass is 10.0. The number of carbonyl (C=O) groups excluding carboxylic acids is 1. The van der Waals surface area contributed by atoms with Crippen molar-refractivity contribution < 1.29 is 19.6 Å². The molecular weight excluding hydrogens is 266 g/mol. The van der Waals surface area contributed by atoms with Gasteiger partial charge in [-0.3, -0.25) is 4.79 Å². The third-order valence-electron chi connectivity index (χ3n) is 3.07. The Labute approximate surface area is 115 Å². The summed E-state index contributed by atoms with van der Waals surface area (Å²) in [5, 5.41) is 19.8. The fraction of sp³-hybridized carbons (Fsp3) is 0.583. The Morgan fingerprint density at radius 3 is 2.90 bits per heavy atom. The van der Waals surface area contributed by atoms with Gasteiger partial charge in [-0.25, -0.2) is 4.98 Å². The molecule has 0 bridgehead atoms. The number of ether oxygens (including phenoxy) is 1. The highest BCUT2D eigenvalue weighted by molar-refractivity contribution is 5.93. The number of aliphatic hydroxyl groups excluding tert-OH is 1. The molecule has 2 heterocycles. The lowest BCUT2D eigenvalue weighted by Gasteiger charge is -2.41. The van der Waals surface area contributed by atoms with E-state index < -0.39 is 16.6 Å². The van der Waals surface area contributed by atoms with Crippen molar-refractivity contribution in [3.8, 4) is 0 Å². The first kappa shape index (κ1) is 14.5. The van der Waals surface area contributed by atoms with Crippen LogP contribution >= 0.6 is 0 Å².